The predicted octanol–water partition coefficient (Wildman–Crippen LogP) is 4.62. The highest BCUT2D eigenvalue weighted by Crippen LogP contribution is 2.32. The first-order chi connectivity index (χ1) is 10.3. The van der Waals surface area contributed by atoms with Gasteiger partial charge < -0.3 is 10.5 Å². The third kappa shape index (κ3) is 3.90. The molecule has 1 atom stereocenters. The van der Waals surface area contributed by atoms with Gasteiger partial charge in [-0.2, -0.15) is 13.2 Å². The number of halogens is 5. The van der Waals surface area contributed by atoms with E-state index < -0.39 is 18.0 Å². The first kappa shape index (κ1) is 16.6. The fourth-order valence-electron chi connectivity index (χ4n) is 1.81. The van der Waals surface area contributed by atoms with E-state index in [1.54, 1.807) is 0 Å². The topological polar surface area (TPSA) is 35.2 Å². The first-order valence-corrected chi connectivity index (χ1v) is 6.65. The quantitative estimate of drug-likeness (QED) is 0.829. The minimum absolute atomic E-state index is 0.134. The van der Waals surface area contributed by atoms with Crippen LogP contribution in [-0.4, -0.2) is 6.18 Å². The number of alkyl halides is 3. The van der Waals surface area contributed by atoms with Crippen LogP contribution in [0.3, 0.4) is 0 Å². The summed E-state index contributed by atoms with van der Waals surface area (Å²) in [5.74, 6) is -0.396. The van der Waals surface area contributed by atoms with E-state index in [1.165, 1.54) is 42.5 Å². The molecule has 118 valence electrons. The molecule has 0 unspecified atom stereocenters. The van der Waals surface area contributed by atoms with Gasteiger partial charge in [0.1, 0.15) is 24.2 Å². The molecule has 22 heavy (non-hydrogen) atoms. The van der Waals surface area contributed by atoms with Crippen molar-refractivity contribution in [1.82, 2.24) is 0 Å². The molecule has 0 fully saturated rings. The SMILES string of the molecule is N[C@H](c1cccc(OCc2c(F)cccc2Cl)c1)C(F)(F)F. The van der Waals surface area contributed by atoms with Gasteiger partial charge in [-0.15, -0.1) is 0 Å². The van der Waals surface area contributed by atoms with Gasteiger partial charge in [-0.3, -0.25) is 0 Å². The predicted molar refractivity (Wildman–Crippen MR) is 75.2 cm³/mol. The van der Waals surface area contributed by atoms with Crippen LogP contribution >= 0.6 is 11.6 Å². The fourth-order valence-corrected chi connectivity index (χ4v) is 2.03. The largest absolute Gasteiger partial charge is 0.489 e. The summed E-state index contributed by atoms with van der Waals surface area (Å²) in [5.41, 5.74) is 5.13. The minimum Gasteiger partial charge on any atom is -0.489 e. The average molecular weight is 334 g/mol. The second kappa shape index (κ2) is 6.54. The maximum Gasteiger partial charge on any atom is 0.407 e. The Morgan fingerprint density at radius 1 is 1.14 bits per heavy atom. The lowest BCUT2D eigenvalue weighted by Crippen LogP contribution is -2.28. The summed E-state index contributed by atoms with van der Waals surface area (Å²) in [6.45, 7) is -0.198. The van der Waals surface area contributed by atoms with Crippen molar-refractivity contribution in [2.75, 3.05) is 0 Å². The van der Waals surface area contributed by atoms with E-state index in [4.69, 9.17) is 22.1 Å². The minimum atomic E-state index is -4.55. The summed E-state index contributed by atoms with van der Waals surface area (Å²) in [4.78, 5) is 0. The molecule has 2 nitrogen and oxygen atoms in total. The Labute approximate surface area is 129 Å². The van der Waals surface area contributed by atoms with E-state index in [1.807, 2.05) is 0 Å². The first-order valence-electron chi connectivity index (χ1n) is 6.27. The summed E-state index contributed by atoms with van der Waals surface area (Å²) in [7, 11) is 0. The van der Waals surface area contributed by atoms with Crippen LogP contribution in [0.1, 0.15) is 17.2 Å². The number of rotatable bonds is 4. The molecule has 0 aliphatic heterocycles. The zero-order chi connectivity index (χ0) is 16.3. The van der Waals surface area contributed by atoms with Crippen molar-refractivity contribution < 1.29 is 22.3 Å². The number of ether oxygens (including phenoxy) is 1. The maximum atomic E-state index is 13.6. The summed E-state index contributed by atoms with van der Waals surface area (Å²) >= 11 is 5.85. The molecule has 0 radical (unpaired) electrons. The van der Waals surface area contributed by atoms with Crippen molar-refractivity contribution >= 4 is 11.6 Å². The molecule has 0 bridgehead atoms. The molecule has 2 N–H and O–H groups in total. The third-order valence-corrected chi connectivity index (χ3v) is 3.37. The third-order valence-electron chi connectivity index (χ3n) is 3.01. The van der Waals surface area contributed by atoms with Crippen molar-refractivity contribution in [3.63, 3.8) is 0 Å². The molecule has 0 amide bonds. The molecular formula is C15H12ClF4NO. The van der Waals surface area contributed by atoms with Crippen molar-refractivity contribution in [3.8, 4) is 5.75 Å². The Morgan fingerprint density at radius 3 is 2.45 bits per heavy atom. The van der Waals surface area contributed by atoms with Gasteiger partial charge in [0.2, 0.25) is 0 Å². The van der Waals surface area contributed by atoms with Crippen molar-refractivity contribution in [2.45, 2.75) is 18.8 Å². The van der Waals surface area contributed by atoms with Crippen LogP contribution in [0.25, 0.3) is 0 Å². The van der Waals surface area contributed by atoms with Crippen molar-refractivity contribution in [1.29, 1.82) is 0 Å². The average Bonchev–Trinajstić information content (AvgIpc) is 2.45. The molecule has 2 aromatic carbocycles. The van der Waals surface area contributed by atoms with Gasteiger partial charge in [0.15, 0.2) is 0 Å². The number of hydrogen-bond donors (Lipinski definition) is 1. The highest BCUT2D eigenvalue weighted by molar-refractivity contribution is 6.31. The van der Waals surface area contributed by atoms with E-state index in [-0.39, 0.29) is 28.5 Å². The van der Waals surface area contributed by atoms with Crippen LogP contribution in [0.2, 0.25) is 5.02 Å². The molecule has 0 heterocycles. The van der Waals surface area contributed by atoms with Crippen molar-refractivity contribution in [3.05, 3.63) is 64.4 Å². The standard InChI is InChI=1S/C15H12ClF4NO/c16-12-5-2-6-13(17)11(12)8-22-10-4-1-3-9(7-10)14(21)15(18,19)20/h1-7,14H,8,21H2/t14-/m1/s1. The second-order valence-electron chi connectivity index (χ2n) is 4.58. The molecule has 0 aliphatic carbocycles. The fraction of sp³-hybridized carbons (Fsp3) is 0.200. The highest BCUT2D eigenvalue weighted by atomic mass is 35.5. The monoisotopic (exact) mass is 333 g/mol. The van der Waals surface area contributed by atoms with Gasteiger partial charge >= 0.3 is 6.18 Å². The molecule has 2 aromatic rings. The molecular weight excluding hydrogens is 322 g/mol. The summed E-state index contributed by atoms with van der Waals surface area (Å²) in [6.07, 6.45) is -4.55. The van der Waals surface area contributed by atoms with E-state index in [0.717, 1.165) is 0 Å². The molecule has 2 rings (SSSR count). The van der Waals surface area contributed by atoms with Gasteiger partial charge in [-0.25, -0.2) is 4.39 Å². The van der Waals surface area contributed by atoms with E-state index in [2.05, 4.69) is 0 Å². The molecule has 0 spiro atoms. The zero-order valence-electron chi connectivity index (χ0n) is 11.2. The molecule has 0 saturated carbocycles. The van der Waals surface area contributed by atoms with Gasteiger partial charge in [0.25, 0.3) is 0 Å². The van der Waals surface area contributed by atoms with Crippen LogP contribution in [0.5, 0.6) is 5.75 Å². The van der Waals surface area contributed by atoms with E-state index in [9.17, 15) is 17.6 Å². The van der Waals surface area contributed by atoms with Gasteiger partial charge in [-0.1, -0.05) is 29.8 Å². The van der Waals surface area contributed by atoms with Crippen molar-refractivity contribution in [2.24, 2.45) is 5.73 Å². The lowest BCUT2D eigenvalue weighted by molar-refractivity contribution is -0.149. The summed E-state index contributed by atoms with van der Waals surface area (Å²) in [6, 6.07) is 7.34. The smallest absolute Gasteiger partial charge is 0.407 e. The Hall–Kier alpha value is -1.79. The molecule has 0 aromatic heterocycles. The van der Waals surface area contributed by atoms with Crippen LogP contribution in [0.15, 0.2) is 42.5 Å². The Kier molecular flexibility index (Phi) is 4.93. The van der Waals surface area contributed by atoms with Crippen LogP contribution < -0.4 is 10.5 Å². The molecule has 0 aliphatic rings. The van der Waals surface area contributed by atoms with Crippen LogP contribution in [0, 0.1) is 5.82 Å². The maximum absolute atomic E-state index is 13.6. The van der Waals surface area contributed by atoms with Crippen LogP contribution in [0.4, 0.5) is 17.6 Å². The summed E-state index contributed by atoms with van der Waals surface area (Å²) < 4.78 is 56.7. The normalized spacial score (nSPS) is 13.0. The van der Waals surface area contributed by atoms with E-state index in [0.29, 0.717) is 0 Å². The highest BCUT2D eigenvalue weighted by Gasteiger charge is 2.37. The van der Waals surface area contributed by atoms with Gasteiger partial charge in [-0.05, 0) is 29.8 Å². The molecule has 0 saturated heterocycles. The van der Waals surface area contributed by atoms with Gasteiger partial charge in [0, 0.05) is 5.56 Å². The van der Waals surface area contributed by atoms with Gasteiger partial charge in [0.05, 0.1) is 5.02 Å². The lowest BCUT2D eigenvalue weighted by Gasteiger charge is -2.17. The Morgan fingerprint density at radius 2 is 1.82 bits per heavy atom. The Balaban J connectivity index is 2.15. The number of nitrogens with two attached hydrogens (primary N) is 1. The zero-order valence-corrected chi connectivity index (χ0v) is 12.0. The lowest BCUT2D eigenvalue weighted by atomic mass is 10.1. The van der Waals surface area contributed by atoms with Crippen LogP contribution in [-0.2, 0) is 6.61 Å². The number of benzene rings is 2. The Bertz CT molecular complexity index is 640. The van der Waals surface area contributed by atoms with E-state index >= 15 is 0 Å². The molecule has 7 heteroatoms. The summed E-state index contributed by atoms with van der Waals surface area (Å²) in [5, 5.41) is 0.183. The number of hydrogen-bond acceptors (Lipinski definition) is 2. The second-order valence-corrected chi connectivity index (χ2v) is 4.99.